The van der Waals surface area contributed by atoms with Crippen LogP contribution in [0.1, 0.15) is 33.6 Å². The summed E-state index contributed by atoms with van der Waals surface area (Å²) in [4.78, 5) is 29.6. The molecule has 0 aliphatic carbocycles. The van der Waals surface area contributed by atoms with E-state index >= 15 is 0 Å². The van der Waals surface area contributed by atoms with E-state index in [4.69, 9.17) is 9.47 Å². The van der Waals surface area contributed by atoms with Gasteiger partial charge in [-0.1, -0.05) is 6.08 Å². The molecule has 0 atom stereocenters. The molecule has 1 aromatic heterocycles. The summed E-state index contributed by atoms with van der Waals surface area (Å²) in [5, 5.41) is 1.82. The molecule has 0 saturated carbocycles. The number of methoxy groups -OCH3 is 1. The molecule has 7 heteroatoms. The maximum Gasteiger partial charge on any atom is 0.367 e. The molecule has 1 aliphatic rings. The van der Waals surface area contributed by atoms with Gasteiger partial charge in [-0.15, -0.1) is 11.3 Å². The third-order valence-electron chi connectivity index (χ3n) is 3.09. The second-order valence-electron chi connectivity index (χ2n) is 4.55. The second-order valence-corrected chi connectivity index (χ2v) is 5.41. The van der Waals surface area contributed by atoms with Crippen LogP contribution in [0.5, 0.6) is 0 Å². The van der Waals surface area contributed by atoms with Gasteiger partial charge >= 0.3 is 5.97 Å². The molecular weight excluding hydrogens is 292 g/mol. The first-order chi connectivity index (χ1) is 10.2. The Morgan fingerprint density at radius 1 is 1.48 bits per heavy atom. The lowest BCUT2D eigenvalue weighted by atomic mass is 10.1. The summed E-state index contributed by atoms with van der Waals surface area (Å²) in [7, 11) is 1.66. The molecule has 0 fully saturated rings. The van der Waals surface area contributed by atoms with E-state index in [1.54, 1.807) is 24.3 Å². The lowest BCUT2D eigenvalue weighted by Gasteiger charge is -2.25. The highest BCUT2D eigenvalue weighted by atomic mass is 32.1. The summed E-state index contributed by atoms with van der Waals surface area (Å²) in [6.45, 7) is 3.81. The lowest BCUT2D eigenvalue weighted by molar-refractivity contribution is 0.0526. The number of hydrogen-bond donors (Lipinski definition) is 0. The van der Waals surface area contributed by atoms with Gasteiger partial charge in [0.2, 0.25) is 5.01 Å². The van der Waals surface area contributed by atoms with Crippen LogP contribution in [-0.4, -0.2) is 55.2 Å². The Bertz CT molecular complexity index is 553. The third-order valence-corrected chi connectivity index (χ3v) is 3.92. The minimum absolute atomic E-state index is 0.158. The Morgan fingerprint density at radius 2 is 2.29 bits per heavy atom. The van der Waals surface area contributed by atoms with Crippen molar-refractivity contribution in [2.75, 3.05) is 33.4 Å². The average molecular weight is 310 g/mol. The number of carbonyl (C=O) groups excluding carboxylic acids is 2. The third kappa shape index (κ3) is 3.89. The molecule has 21 heavy (non-hydrogen) atoms. The van der Waals surface area contributed by atoms with E-state index in [0.29, 0.717) is 32.0 Å². The van der Waals surface area contributed by atoms with Crippen LogP contribution in [0.25, 0.3) is 0 Å². The molecule has 0 aromatic carbocycles. The fourth-order valence-electron chi connectivity index (χ4n) is 2.03. The quantitative estimate of drug-likeness (QED) is 0.612. The molecule has 114 valence electrons. The predicted molar refractivity (Wildman–Crippen MR) is 78.6 cm³/mol. The van der Waals surface area contributed by atoms with E-state index in [1.165, 1.54) is 5.57 Å². The standard InChI is InChI=1S/C14H18N2O4S/c1-3-20-14(18)12-15-11(9-21-12)13(17)16-6-4-10(5-7-16)8-19-2/h4,9H,3,5-8H2,1-2H3. The largest absolute Gasteiger partial charge is 0.461 e. The van der Waals surface area contributed by atoms with Gasteiger partial charge in [0.25, 0.3) is 5.91 Å². The number of esters is 1. The van der Waals surface area contributed by atoms with E-state index in [1.807, 2.05) is 6.08 Å². The Kier molecular flexibility index (Phi) is 5.46. The Labute approximate surface area is 127 Å². The minimum atomic E-state index is -0.484. The van der Waals surface area contributed by atoms with E-state index in [9.17, 15) is 9.59 Å². The molecule has 2 rings (SSSR count). The van der Waals surface area contributed by atoms with Gasteiger partial charge in [0.1, 0.15) is 5.69 Å². The van der Waals surface area contributed by atoms with Crippen molar-refractivity contribution >= 4 is 23.2 Å². The van der Waals surface area contributed by atoms with Crippen LogP contribution in [0.4, 0.5) is 0 Å². The van der Waals surface area contributed by atoms with Crippen LogP contribution >= 0.6 is 11.3 Å². The maximum absolute atomic E-state index is 12.3. The predicted octanol–water partition coefficient (Wildman–Crippen LogP) is 1.74. The number of thiazole rings is 1. The molecule has 0 radical (unpaired) electrons. The first-order valence-electron chi connectivity index (χ1n) is 6.74. The fourth-order valence-corrected chi connectivity index (χ4v) is 2.72. The van der Waals surface area contributed by atoms with Crippen molar-refractivity contribution in [3.05, 3.63) is 27.7 Å². The van der Waals surface area contributed by atoms with Crippen molar-refractivity contribution in [2.45, 2.75) is 13.3 Å². The SMILES string of the molecule is CCOC(=O)c1nc(C(=O)N2CC=C(COC)CC2)cs1. The van der Waals surface area contributed by atoms with Crippen LogP contribution < -0.4 is 0 Å². The van der Waals surface area contributed by atoms with Crippen molar-refractivity contribution in [1.82, 2.24) is 9.88 Å². The smallest absolute Gasteiger partial charge is 0.367 e. The Morgan fingerprint density at radius 3 is 2.90 bits per heavy atom. The van der Waals surface area contributed by atoms with Gasteiger partial charge in [0.15, 0.2) is 0 Å². The zero-order chi connectivity index (χ0) is 15.2. The van der Waals surface area contributed by atoms with Gasteiger partial charge in [-0.3, -0.25) is 4.79 Å². The molecule has 0 saturated heterocycles. The van der Waals surface area contributed by atoms with Gasteiger partial charge in [0.05, 0.1) is 13.2 Å². The molecule has 0 bridgehead atoms. The highest BCUT2D eigenvalue weighted by Crippen LogP contribution is 2.16. The van der Waals surface area contributed by atoms with E-state index in [2.05, 4.69) is 4.98 Å². The molecule has 1 amide bonds. The Balaban J connectivity index is 2.00. The van der Waals surface area contributed by atoms with Crippen molar-refractivity contribution in [3.63, 3.8) is 0 Å². The van der Waals surface area contributed by atoms with E-state index in [-0.39, 0.29) is 10.9 Å². The van der Waals surface area contributed by atoms with Gasteiger partial charge in [-0.2, -0.15) is 0 Å². The van der Waals surface area contributed by atoms with E-state index < -0.39 is 5.97 Å². The van der Waals surface area contributed by atoms with Crippen LogP contribution in [-0.2, 0) is 9.47 Å². The van der Waals surface area contributed by atoms with Crippen LogP contribution in [0.2, 0.25) is 0 Å². The maximum atomic E-state index is 12.3. The summed E-state index contributed by atoms with van der Waals surface area (Å²) in [6.07, 6.45) is 2.80. The highest BCUT2D eigenvalue weighted by Gasteiger charge is 2.22. The monoisotopic (exact) mass is 310 g/mol. The fraction of sp³-hybridized carbons (Fsp3) is 0.500. The van der Waals surface area contributed by atoms with Crippen molar-refractivity contribution in [1.29, 1.82) is 0 Å². The van der Waals surface area contributed by atoms with Gasteiger partial charge < -0.3 is 14.4 Å². The summed E-state index contributed by atoms with van der Waals surface area (Å²) in [6, 6.07) is 0. The highest BCUT2D eigenvalue weighted by molar-refractivity contribution is 7.11. The number of amides is 1. The molecule has 0 N–H and O–H groups in total. The topological polar surface area (TPSA) is 68.7 Å². The van der Waals surface area contributed by atoms with Crippen molar-refractivity contribution in [2.24, 2.45) is 0 Å². The number of carbonyl (C=O) groups is 2. The van der Waals surface area contributed by atoms with Crippen molar-refractivity contribution in [3.8, 4) is 0 Å². The van der Waals surface area contributed by atoms with Gasteiger partial charge in [-0.05, 0) is 18.9 Å². The number of nitrogens with zero attached hydrogens (tertiary/aromatic N) is 2. The molecule has 6 nitrogen and oxygen atoms in total. The molecular formula is C14H18N2O4S. The molecule has 0 spiro atoms. The van der Waals surface area contributed by atoms with Crippen molar-refractivity contribution < 1.29 is 19.1 Å². The zero-order valence-electron chi connectivity index (χ0n) is 12.1. The normalized spacial score (nSPS) is 14.8. The van der Waals surface area contributed by atoms with Gasteiger partial charge in [0, 0.05) is 25.6 Å². The Hall–Kier alpha value is -1.73. The lowest BCUT2D eigenvalue weighted by Crippen LogP contribution is -2.35. The summed E-state index contributed by atoms with van der Waals surface area (Å²) >= 11 is 1.13. The van der Waals surface area contributed by atoms with E-state index in [0.717, 1.165) is 17.8 Å². The number of hydrogen-bond acceptors (Lipinski definition) is 6. The van der Waals surface area contributed by atoms with Crippen LogP contribution in [0, 0.1) is 0 Å². The molecule has 0 unspecified atom stereocenters. The number of aromatic nitrogens is 1. The molecule has 1 aromatic rings. The van der Waals surface area contributed by atoms with Crippen LogP contribution in [0.15, 0.2) is 17.0 Å². The molecule has 2 heterocycles. The van der Waals surface area contributed by atoms with Crippen LogP contribution in [0.3, 0.4) is 0 Å². The number of ether oxygens (including phenoxy) is 2. The minimum Gasteiger partial charge on any atom is -0.461 e. The summed E-state index contributed by atoms with van der Waals surface area (Å²) in [5.74, 6) is -0.642. The van der Waals surface area contributed by atoms with Gasteiger partial charge in [-0.25, -0.2) is 9.78 Å². The second kappa shape index (κ2) is 7.33. The molecule has 1 aliphatic heterocycles. The number of rotatable bonds is 5. The summed E-state index contributed by atoms with van der Waals surface area (Å²) < 4.78 is 9.95. The summed E-state index contributed by atoms with van der Waals surface area (Å²) in [5.41, 5.74) is 1.50. The first kappa shape index (κ1) is 15.7. The average Bonchev–Trinajstić information content (AvgIpc) is 2.98. The first-order valence-corrected chi connectivity index (χ1v) is 7.62. The zero-order valence-corrected chi connectivity index (χ0v) is 12.9.